The smallest absolute Gasteiger partial charge is 0.325 e. The maximum absolute atomic E-state index is 12.1. The molecule has 6 nitrogen and oxygen atoms in total. The van der Waals surface area contributed by atoms with E-state index in [9.17, 15) is 14.4 Å². The second-order valence-corrected chi connectivity index (χ2v) is 4.13. The molecular weight excluding hydrogens is 224 g/mol. The van der Waals surface area contributed by atoms with Crippen LogP contribution in [0.4, 0.5) is 4.79 Å². The van der Waals surface area contributed by atoms with Crippen LogP contribution in [0.15, 0.2) is 22.8 Å². The summed E-state index contributed by atoms with van der Waals surface area (Å²) in [6, 6.07) is 2.66. The minimum atomic E-state index is -1.23. The van der Waals surface area contributed by atoms with Crippen LogP contribution in [0.5, 0.6) is 0 Å². The Bertz CT molecular complexity index is 480. The number of Topliss-reactive ketones (excluding diaryl/α,β-unsaturated/α-hetero) is 1. The molecule has 0 aliphatic carbocycles. The number of rotatable bonds is 3. The molecule has 1 aromatic rings. The van der Waals surface area contributed by atoms with E-state index in [1.54, 1.807) is 19.1 Å². The highest BCUT2D eigenvalue weighted by Gasteiger charge is 2.51. The number of hydrogen-bond donors (Lipinski definition) is 1. The van der Waals surface area contributed by atoms with Crippen LogP contribution in [0.3, 0.4) is 0 Å². The van der Waals surface area contributed by atoms with E-state index in [4.69, 9.17) is 4.42 Å². The molecule has 1 fully saturated rings. The van der Waals surface area contributed by atoms with E-state index in [1.807, 2.05) is 0 Å². The maximum atomic E-state index is 12.1. The molecule has 3 amide bonds. The van der Waals surface area contributed by atoms with Crippen molar-refractivity contribution >= 4 is 17.7 Å². The van der Waals surface area contributed by atoms with Crippen LogP contribution in [0.25, 0.3) is 0 Å². The van der Waals surface area contributed by atoms with Gasteiger partial charge in [-0.15, -0.1) is 0 Å². The van der Waals surface area contributed by atoms with Crippen LogP contribution >= 0.6 is 0 Å². The number of furan rings is 1. The van der Waals surface area contributed by atoms with Gasteiger partial charge in [-0.2, -0.15) is 0 Å². The number of carbonyl (C=O) groups excluding carboxylic acids is 3. The van der Waals surface area contributed by atoms with E-state index in [0.29, 0.717) is 5.76 Å². The number of imide groups is 1. The second-order valence-electron chi connectivity index (χ2n) is 4.13. The summed E-state index contributed by atoms with van der Waals surface area (Å²) in [4.78, 5) is 35.6. The van der Waals surface area contributed by atoms with Crippen LogP contribution in [0, 0.1) is 0 Å². The summed E-state index contributed by atoms with van der Waals surface area (Å²) < 4.78 is 5.15. The molecule has 1 saturated heterocycles. The Hall–Kier alpha value is -2.11. The Balaban J connectivity index is 2.32. The van der Waals surface area contributed by atoms with Gasteiger partial charge in [0.05, 0.1) is 12.8 Å². The molecule has 0 saturated carbocycles. The quantitative estimate of drug-likeness (QED) is 0.781. The molecule has 17 heavy (non-hydrogen) atoms. The van der Waals surface area contributed by atoms with E-state index in [2.05, 4.69) is 5.32 Å². The van der Waals surface area contributed by atoms with Gasteiger partial charge in [-0.05, 0) is 26.0 Å². The molecule has 0 spiro atoms. The first-order valence-corrected chi connectivity index (χ1v) is 5.12. The van der Waals surface area contributed by atoms with Crippen molar-refractivity contribution in [3.05, 3.63) is 24.2 Å². The third kappa shape index (κ3) is 1.71. The highest BCUT2D eigenvalue weighted by molar-refractivity contribution is 6.08. The summed E-state index contributed by atoms with van der Waals surface area (Å²) in [5.41, 5.74) is -1.23. The lowest BCUT2D eigenvalue weighted by molar-refractivity contribution is -0.134. The SMILES string of the molecule is CC(=O)CN1C(=O)NC(C)(c2ccco2)C1=O. The number of nitrogens with zero attached hydrogens (tertiary/aromatic N) is 1. The summed E-state index contributed by atoms with van der Waals surface area (Å²) >= 11 is 0. The lowest BCUT2D eigenvalue weighted by atomic mass is 9.99. The van der Waals surface area contributed by atoms with Crippen molar-refractivity contribution in [2.75, 3.05) is 6.54 Å². The molecule has 90 valence electrons. The summed E-state index contributed by atoms with van der Waals surface area (Å²) in [5.74, 6) is -0.383. The Labute approximate surface area is 97.6 Å². The molecular formula is C11H12N2O4. The number of carbonyl (C=O) groups is 3. The van der Waals surface area contributed by atoms with E-state index < -0.39 is 17.5 Å². The van der Waals surface area contributed by atoms with Gasteiger partial charge in [-0.3, -0.25) is 14.5 Å². The van der Waals surface area contributed by atoms with Crippen molar-refractivity contribution in [1.29, 1.82) is 0 Å². The third-order valence-corrected chi connectivity index (χ3v) is 2.67. The molecule has 1 aliphatic heterocycles. The van der Waals surface area contributed by atoms with Crippen molar-refractivity contribution < 1.29 is 18.8 Å². The number of amides is 3. The minimum absolute atomic E-state index is 0.221. The van der Waals surface area contributed by atoms with Crippen LogP contribution in [0.2, 0.25) is 0 Å². The predicted octanol–water partition coefficient (Wildman–Crippen LogP) is 0.636. The average Bonchev–Trinajstić information content (AvgIpc) is 2.83. The summed E-state index contributed by atoms with van der Waals surface area (Å²) in [5, 5.41) is 2.53. The van der Waals surface area contributed by atoms with Gasteiger partial charge in [0, 0.05) is 0 Å². The Morgan fingerprint density at radius 3 is 2.76 bits per heavy atom. The maximum Gasteiger partial charge on any atom is 0.325 e. The lowest BCUT2D eigenvalue weighted by Crippen LogP contribution is -2.41. The summed E-state index contributed by atoms with van der Waals surface area (Å²) in [6.45, 7) is 2.65. The molecule has 0 aromatic carbocycles. The lowest BCUT2D eigenvalue weighted by Gasteiger charge is -2.18. The molecule has 1 atom stereocenters. The van der Waals surface area contributed by atoms with E-state index in [-0.39, 0.29) is 12.3 Å². The summed E-state index contributed by atoms with van der Waals surface area (Å²) in [7, 11) is 0. The van der Waals surface area contributed by atoms with Crippen molar-refractivity contribution in [3.8, 4) is 0 Å². The Morgan fingerprint density at radius 1 is 1.53 bits per heavy atom. The van der Waals surface area contributed by atoms with Gasteiger partial charge in [0.2, 0.25) is 0 Å². The highest BCUT2D eigenvalue weighted by atomic mass is 16.3. The molecule has 1 aromatic heterocycles. The minimum Gasteiger partial charge on any atom is -0.466 e. The van der Waals surface area contributed by atoms with E-state index >= 15 is 0 Å². The van der Waals surface area contributed by atoms with Crippen LogP contribution in [0.1, 0.15) is 19.6 Å². The molecule has 0 radical (unpaired) electrons. The van der Waals surface area contributed by atoms with Gasteiger partial charge in [-0.25, -0.2) is 4.79 Å². The number of nitrogens with one attached hydrogen (secondary N) is 1. The van der Waals surface area contributed by atoms with Gasteiger partial charge in [0.1, 0.15) is 11.5 Å². The zero-order valence-electron chi connectivity index (χ0n) is 9.52. The van der Waals surface area contributed by atoms with Gasteiger partial charge >= 0.3 is 6.03 Å². The zero-order valence-corrected chi connectivity index (χ0v) is 9.52. The standard InChI is InChI=1S/C11H12N2O4/c1-7(14)6-13-9(15)11(2,12-10(13)16)8-4-3-5-17-8/h3-5H,6H2,1-2H3,(H,12,16). The van der Waals surface area contributed by atoms with Crippen molar-refractivity contribution in [2.45, 2.75) is 19.4 Å². The van der Waals surface area contributed by atoms with Crippen LogP contribution in [-0.2, 0) is 15.1 Å². The average molecular weight is 236 g/mol. The monoisotopic (exact) mass is 236 g/mol. The molecule has 6 heteroatoms. The fraction of sp³-hybridized carbons (Fsp3) is 0.364. The largest absolute Gasteiger partial charge is 0.466 e. The van der Waals surface area contributed by atoms with Gasteiger partial charge in [0.15, 0.2) is 5.54 Å². The number of urea groups is 1. The topological polar surface area (TPSA) is 79.6 Å². The number of ketones is 1. The number of hydrogen-bond acceptors (Lipinski definition) is 4. The Morgan fingerprint density at radius 2 is 2.24 bits per heavy atom. The molecule has 0 bridgehead atoms. The van der Waals surface area contributed by atoms with Crippen LogP contribution < -0.4 is 5.32 Å². The Kier molecular flexibility index (Phi) is 2.49. The molecule has 1 N–H and O–H groups in total. The first-order chi connectivity index (χ1) is 7.95. The van der Waals surface area contributed by atoms with Crippen molar-refractivity contribution in [2.24, 2.45) is 0 Å². The fourth-order valence-electron chi connectivity index (χ4n) is 1.79. The third-order valence-electron chi connectivity index (χ3n) is 2.67. The predicted molar refractivity (Wildman–Crippen MR) is 57.0 cm³/mol. The van der Waals surface area contributed by atoms with Gasteiger partial charge < -0.3 is 9.73 Å². The van der Waals surface area contributed by atoms with Crippen LogP contribution in [-0.4, -0.2) is 29.2 Å². The van der Waals surface area contributed by atoms with E-state index in [1.165, 1.54) is 13.2 Å². The van der Waals surface area contributed by atoms with Crippen molar-refractivity contribution in [3.63, 3.8) is 0 Å². The first kappa shape index (κ1) is 11.4. The van der Waals surface area contributed by atoms with E-state index in [0.717, 1.165) is 4.90 Å². The normalized spacial score (nSPS) is 24.0. The van der Waals surface area contributed by atoms with Gasteiger partial charge in [0.25, 0.3) is 5.91 Å². The zero-order chi connectivity index (χ0) is 12.6. The molecule has 1 unspecified atom stereocenters. The van der Waals surface area contributed by atoms with Gasteiger partial charge in [-0.1, -0.05) is 0 Å². The highest BCUT2D eigenvalue weighted by Crippen LogP contribution is 2.28. The first-order valence-electron chi connectivity index (χ1n) is 5.12. The fourth-order valence-corrected chi connectivity index (χ4v) is 1.79. The van der Waals surface area contributed by atoms with Crippen molar-refractivity contribution in [1.82, 2.24) is 10.2 Å². The molecule has 2 heterocycles. The molecule has 1 aliphatic rings. The molecule has 2 rings (SSSR count). The summed E-state index contributed by atoms with van der Waals surface area (Å²) in [6.07, 6.45) is 1.42. The second kappa shape index (κ2) is 3.73.